The molecular formula is C17H21N5O3. The molecule has 3 rings (SSSR count). The maximum absolute atomic E-state index is 11.7. The molecule has 1 aromatic carbocycles. The molecule has 0 atom stereocenters. The van der Waals surface area contributed by atoms with E-state index in [1.807, 2.05) is 24.3 Å². The number of rotatable bonds is 7. The van der Waals surface area contributed by atoms with Crippen LogP contribution < -0.4 is 10.6 Å². The molecule has 0 spiro atoms. The molecule has 0 aliphatic carbocycles. The first kappa shape index (κ1) is 17.1. The van der Waals surface area contributed by atoms with Crippen molar-refractivity contribution >= 4 is 28.6 Å². The minimum atomic E-state index is -1.08. The number of aliphatic carboxylic acids is 1. The number of carbonyl (C=O) groups excluding carboxylic acids is 1. The first-order valence-electron chi connectivity index (χ1n) is 8.32. The lowest BCUT2D eigenvalue weighted by atomic mass is 10.2. The monoisotopic (exact) mass is 343 g/mol. The van der Waals surface area contributed by atoms with Crippen LogP contribution in [0.25, 0.3) is 10.9 Å². The Balaban J connectivity index is 1.75. The number of likely N-dealkylation sites (tertiary alicyclic amines) is 1. The number of amides is 1. The van der Waals surface area contributed by atoms with Gasteiger partial charge in [-0.1, -0.05) is 12.1 Å². The molecule has 1 amide bonds. The van der Waals surface area contributed by atoms with Gasteiger partial charge in [-0.25, -0.2) is 9.97 Å². The summed E-state index contributed by atoms with van der Waals surface area (Å²) >= 11 is 0. The lowest BCUT2D eigenvalue weighted by Crippen LogP contribution is -2.34. The Bertz CT molecular complexity index is 774. The van der Waals surface area contributed by atoms with Gasteiger partial charge in [0.25, 0.3) is 0 Å². The number of anilines is 1. The van der Waals surface area contributed by atoms with Gasteiger partial charge in [0.1, 0.15) is 18.2 Å². The number of nitrogens with zero attached hydrogens (tertiary/aromatic N) is 3. The zero-order chi connectivity index (χ0) is 17.6. The number of carboxylic acid groups (broad SMARTS) is 1. The van der Waals surface area contributed by atoms with Crippen molar-refractivity contribution in [3.05, 3.63) is 30.1 Å². The third-order valence-corrected chi connectivity index (χ3v) is 4.07. The molecule has 25 heavy (non-hydrogen) atoms. The van der Waals surface area contributed by atoms with E-state index in [0.29, 0.717) is 18.2 Å². The smallest absolute Gasteiger partial charge is 0.322 e. The van der Waals surface area contributed by atoms with Crippen LogP contribution in [0.5, 0.6) is 0 Å². The van der Waals surface area contributed by atoms with Crippen LogP contribution >= 0.6 is 0 Å². The van der Waals surface area contributed by atoms with Crippen LogP contribution in [-0.2, 0) is 16.1 Å². The summed E-state index contributed by atoms with van der Waals surface area (Å²) in [6.45, 7) is 2.35. The molecule has 0 radical (unpaired) electrons. The molecule has 0 unspecified atom stereocenters. The maximum Gasteiger partial charge on any atom is 0.322 e. The quantitative estimate of drug-likeness (QED) is 0.684. The average Bonchev–Trinajstić information content (AvgIpc) is 3.10. The van der Waals surface area contributed by atoms with Gasteiger partial charge in [-0.05, 0) is 38.1 Å². The van der Waals surface area contributed by atoms with Crippen molar-refractivity contribution in [3.8, 4) is 0 Å². The molecule has 2 aromatic rings. The second kappa shape index (κ2) is 7.89. The summed E-state index contributed by atoms with van der Waals surface area (Å²) in [6.07, 6.45) is 2.39. The van der Waals surface area contributed by atoms with Crippen LogP contribution in [0.4, 0.5) is 5.82 Å². The van der Waals surface area contributed by atoms with Gasteiger partial charge in [0.2, 0.25) is 5.91 Å². The summed E-state index contributed by atoms with van der Waals surface area (Å²) in [6, 6.07) is 7.62. The molecular weight excluding hydrogens is 322 g/mol. The molecule has 1 aromatic heterocycles. The summed E-state index contributed by atoms with van der Waals surface area (Å²) in [5.74, 6) is -0.167. The van der Waals surface area contributed by atoms with E-state index in [9.17, 15) is 9.59 Å². The lowest BCUT2D eigenvalue weighted by Gasteiger charge is -2.15. The number of hydrogen-bond acceptors (Lipinski definition) is 6. The molecule has 3 N–H and O–H groups in total. The van der Waals surface area contributed by atoms with Crippen molar-refractivity contribution in [2.45, 2.75) is 19.4 Å². The highest BCUT2D eigenvalue weighted by atomic mass is 16.4. The largest absolute Gasteiger partial charge is 0.480 e. The van der Waals surface area contributed by atoms with Gasteiger partial charge in [-0.3, -0.25) is 14.5 Å². The number of para-hydroxylation sites is 1. The Hall–Kier alpha value is -2.74. The fourth-order valence-electron chi connectivity index (χ4n) is 2.87. The Morgan fingerprint density at radius 3 is 2.64 bits per heavy atom. The van der Waals surface area contributed by atoms with Crippen molar-refractivity contribution in [3.63, 3.8) is 0 Å². The number of benzene rings is 1. The summed E-state index contributed by atoms with van der Waals surface area (Å²) in [7, 11) is 0. The van der Waals surface area contributed by atoms with Crippen LogP contribution in [0.1, 0.15) is 18.7 Å². The first-order valence-corrected chi connectivity index (χ1v) is 8.32. The highest BCUT2D eigenvalue weighted by Gasteiger charge is 2.15. The van der Waals surface area contributed by atoms with Crippen LogP contribution in [-0.4, -0.2) is 58.0 Å². The standard InChI is InChI=1S/C17H21N5O3/c23-15(18-10-16(24)25)9-19-17-12-5-1-2-6-13(12)20-14(21-17)11-22-7-3-4-8-22/h1-2,5-6H,3-4,7-11H2,(H,18,23)(H,24,25)(H,19,20,21). The van der Waals surface area contributed by atoms with E-state index in [-0.39, 0.29) is 6.54 Å². The van der Waals surface area contributed by atoms with Crippen LogP contribution in [0.3, 0.4) is 0 Å². The number of aromatic nitrogens is 2. The lowest BCUT2D eigenvalue weighted by molar-refractivity contribution is -0.137. The average molecular weight is 343 g/mol. The predicted octanol–water partition coefficient (Wildman–Crippen LogP) is 0.838. The van der Waals surface area contributed by atoms with Crippen molar-refractivity contribution in [1.82, 2.24) is 20.2 Å². The normalized spacial score (nSPS) is 14.6. The van der Waals surface area contributed by atoms with Crippen molar-refractivity contribution < 1.29 is 14.7 Å². The fraction of sp³-hybridized carbons (Fsp3) is 0.412. The van der Waals surface area contributed by atoms with Gasteiger partial charge >= 0.3 is 5.97 Å². The molecule has 0 bridgehead atoms. The summed E-state index contributed by atoms with van der Waals surface area (Å²) in [5.41, 5.74) is 0.820. The number of fused-ring (bicyclic) bond motifs is 1. The van der Waals surface area contributed by atoms with Gasteiger partial charge in [0, 0.05) is 5.39 Å². The SMILES string of the molecule is O=C(O)CNC(=O)CNc1nc(CN2CCCC2)nc2ccccc12. The van der Waals surface area contributed by atoms with Gasteiger partial charge in [-0.15, -0.1) is 0 Å². The number of hydrogen-bond donors (Lipinski definition) is 3. The van der Waals surface area contributed by atoms with E-state index in [1.54, 1.807) is 0 Å². The molecule has 8 heteroatoms. The zero-order valence-corrected chi connectivity index (χ0v) is 13.9. The second-order valence-corrected chi connectivity index (χ2v) is 6.01. The molecule has 0 saturated carbocycles. The highest BCUT2D eigenvalue weighted by molar-refractivity contribution is 5.91. The summed E-state index contributed by atoms with van der Waals surface area (Å²) in [5, 5.41) is 14.8. The molecule has 1 fully saturated rings. The van der Waals surface area contributed by atoms with Crippen LogP contribution in [0.15, 0.2) is 24.3 Å². The third kappa shape index (κ3) is 4.63. The van der Waals surface area contributed by atoms with Gasteiger partial charge in [0.05, 0.1) is 18.6 Å². The van der Waals surface area contributed by atoms with E-state index < -0.39 is 18.4 Å². The Labute approximate surface area is 145 Å². The highest BCUT2D eigenvalue weighted by Crippen LogP contribution is 2.21. The van der Waals surface area contributed by atoms with Crippen LogP contribution in [0.2, 0.25) is 0 Å². The molecule has 8 nitrogen and oxygen atoms in total. The van der Waals surface area contributed by atoms with Crippen molar-refractivity contribution in [1.29, 1.82) is 0 Å². The minimum Gasteiger partial charge on any atom is -0.480 e. The second-order valence-electron chi connectivity index (χ2n) is 6.01. The fourth-order valence-corrected chi connectivity index (χ4v) is 2.87. The Morgan fingerprint density at radius 1 is 1.12 bits per heavy atom. The Morgan fingerprint density at radius 2 is 1.88 bits per heavy atom. The van der Waals surface area contributed by atoms with E-state index in [1.165, 1.54) is 12.8 Å². The van der Waals surface area contributed by atoms with E-state index in [4.69, 9.17) is 5.11 Å². The molecule has 2 heterocycles. The van der Waals surface area contributed by atoms with Crippen LogP contribution in [0, 0.1) is 0 Å². The number of carbonyl (C=O) groups is 2. The van der Waals surface area contributed by atoms with E-state index in [0.717, 1.165) is 24.0 Å². The van der Waals surface area contributed by atoms with Gasteiger partial charge in [0.15, 0.2) is 0 Å². The maximum atomic E-state index is 11.7. The van der Waals surface area contributed by atoms with E-state index in [2.05, 4.69) is 25.5 Å². The van der Waals surface area contributed by atoms with Gasteiger partial charge < -0.3 is 15.7 Å². The summed E-state index contributed by atoms with van der Waals surface area (Å²) < 4.78 is 0. The molecule has 1 aliphatic heterocycles. The number of carboxylic acids is 1. The van der Waals surface area contributed by atoms with Crippen molar-refractivity contribution in [2.24, 2.45) is 0 Å². The molecule has 132 valence electrons. The summed E-state index contributed by atoms with van der Waals surface area (Å²) in [4.78, 5) is 33.7. The van der Waals surface area contributed by atoms with Gasteiger partial charge in [-0.2, -0.15) is 0 Å². The van der Waals surface area contributed by atoms with Crippen molar-refractivity contribution in [2.75, 3.05) is 31.5 Å². The Kier molecular flexibility index (Phi) is 5.39. The topological polar surface area (TPSA) is 107 Å². The zero-order valence-electron chi connectivity index (χ0n) is 13.9. The molecule has 1 aliphatic rings. The molecule has 1 saturated heterocycles. The minimum absolute atomic E-state index is 0.0442. The number of nitrogens with one attached hydrogen (secondary N) is 2. The first-order chi connectivity index (χ1) is 12.1. The third-order valence-electron chi connectivity index (χ3n) is 4.07. The predicted molar refractivity (Wildman–Crippen MR) is 93.2 cm³/mol. The van der Waals surface area contributed by atoms with E-state index >= 15 is 0 Å².